The van der Waals surface area contributed by atoms with E-state index in [4.69, 9.17) is 0 Å². The summed E-state index contributed by atoms with van der Waals surface area (Å²) in [6, 6.07) is -0.0203. The fourth-order valence-electron chi connectivity index (χ4n) is 1.33. The molecular formula is C8H16N2O. The van der Waals surface area contributed by atoms with Crippen molar-refractivity contribution in [3.63, 3.8) is 0 Å². The number of carbonyl (C=O) groups is 1. The zero-order chi connectivity index (χ0) is 8.27. The van der Waals surface area contributed by atoms with E-state index in [1.807, 2.05) is 18.9 Å². The lowest BCUT2D eigenvalue weighted by Crippen LogP contribution is -2.42. The number of rotatable bonds is 2. The van der Waals surface area contributed by atoms with E-state index in [0.717, 1.165) is 13.1 Å². The van der Waals surface area contributed by atoms with Crippen molar-refractivity contribution in [1.82, 2.24) is 10.2 Å². The number of nitrogens with zero attached hydrogens (tertiary/aromatic N) is 1. The van der Waals surface area contributed by atoms with Crippen molar-refractivity contribution in [1.29, 1.82) is 0 Å². The van der Waals surface area contributed by atoms with Crippen molar-refractivity contribution >= 4 is 5.91 Å². The minimum absolute atomic E-state index is 0.0203. The van der Waals surface area contributed by atoms with Gasteiger partial charge in [0.25, 0.3) is 0 Å². The molecule has 1 heterocycles. The molecule has 1 atom stereocenters. The average molecular weight is 156 g/mol. The Hall–Kier alpha value is -0.570. The molecule has 1 N–H and O–H groups in total. The van der Waals surface area contributed by atoms with Gasteiger partial charge in [-0.1, -0.05) is 0 Å². The van der Waals surface area contributed by atoms with Gasteiger partial charge >= 0.3 is 0 Å². The highest BCUT2D eigenvalue weighted by molar-refractivity contribution is 5.81. The number of hydrogen-bond donors (Lipinski definition) is 1. The molecule has 0 unspecified atom stereocenters. The summed E-state index contributed by atoms with van der Waals surface area (Å²) < 4.78 is 0. The molecule has 0 aromatic rings. The van der Waals surface area contributed by atoms with Crippen LogP contribution in [-0.4, -0.2) is 37.0 Å². The van der Waals surface area contributed by atoms with Crippen LogP contribution in [0.5, 0.6) is 0 Å². The third kappa shape index (κ3) is 1.93. The standard InChI is InChI=1S/C8H16N2O/c1-7(9-2)8(11)10-5-3-4-6-10/h7,9H,3-6H2,1-2H3/t7-/m0/s1. The van der Waals surface area contributed by atoms with Gasteiger partial charge in [0.1, 0.15) is 0 Å². The average Bonchev–Trinajstić information content (AvgIpc) is 2.53. The molecule has 0 aromatic heterocycles. The largest absolute Gasteiger partial charge is 0.341 e. The zero-order valence-electron chi connectivity index (χ0n) is 7.26. The molecule has 1 fully saturated rings. The topological polar surface area (TPSA) is 32.3 Å². The minimum atomic E-state index is -0.0203. The van der Waals surface area contributed by atoms with Gasteiger partial charge in [-0.2, -0.15) is 0 Å². The Kier molecular flexibility index (Phi) is 2.88. The van der Waals surface area contributed by atoms with E-state index in [1.54, 1.807) is 0 Å². The molecule has 0 aliphatic carbocycles. The van der Waals surface area contributed by atoms with Crippen LogP contribution < -0.4 is 5.32 Å². The van der Waals surface area contributed by atoms with Crippen LogP contribution in [-0.2, 0) is 4.79 Å². The molecule has 3 heteroatoms. The number of hydrogen-bond acceptors (Lipinski definition) is 2. The molecule has 11 heavy (non-hydrogen) atoms. The molecular weight excluding hydrogens is 140 g/mol. The highest BCUT2D eigenvalue weighted by atomic mass is 16.2. The van der Waals surface area contributed by atoms with Gasteiger partial charge in [-0.15, -0.1) is 0 Å². The van der Waals surface area contributed by atoms with Gasteiger partial charge in [0.15, 0.2) is 0 Å². The van der Waals surface area contributed by atoms with E-state index in [9.17, 15) is 4.79 Å². The summed E-state index contributed by atoms with van der Waals surface area (Å²) in [5.74, 6) is 0.241. The smallest absolute Gasteiger partial charge is 0.239 e. The van der Waals surface area contributed by atoms with Gasteiger partial charge in [-0.25, -0.2) is 0 Å². The summed E-state index contributed by atoms with van der Waals surface area (Å²) in [5.41, 5.74) is 0. The molecule has 0 saturated carbocycles. The summed E-state index contributed by atoms with van der Waals surface area (Å²) in [5, 5.41) is 2.95. The highest BCUT2D eigenvalue weighted by Crippen LogP contribution is 2.08. The van der Waals surface area contributed by atoms with Crippen LogP contribution in [0, 0.1) is 0 Å². The number of nitrogens with one attached hydrogen (secondary N) is 1. The van der Waals surface area contributed by atoms with Crippen molar-refractivity contribution in [3.8, 4) is 0 Å². The first-order chi connectivity index (χ1) is 5.25. The van der Waals surface area contributed by atoms with Crippen LogP contribution in [0.15, 0.2) is 0 Å². The van der Waals surface area contributed by atoms with Gasteiger partial charge in [-0.05, 0) is 26.8 Å². The Labute approximate surface area is 67.8 Å². The lowest BCUT2D eigenvalue weighted by atomic mass is 10.3. The summed E-state index contributed by atoms with van der Waals surface area (Å²) >= 11 is 0. The molecule has 1 aliphatic rings. The Morgan fingerprint density at radius 1 is 1.45 bits per heavy atom. The molecule has 0 spiro atoms. The third-order valence-electron chi connectivity index (χ3n) is 2.22. The lowest BCUT2D eigenvalue weighted by molar-refractivity contribution is -0.131. The molecule has 3 nitrogen and oxygen atoms in total. The lowest BCUT2D eigenvalue weighted by Gasteiger charge is -2.19. The minimum Gasteiger partial charge on any atom is -0.341 e. The van der Waals surface area contributed by atoms with Crippen LogP contribution in [0.25, 0.3) is 0 Å². The van der Waals surface area contributed by atoms with Crippen LogP contribution >= 0.6 is 0 Å². The first-order valence-electron chi connectivity index (χ1n) is 4.21. The number of amides is 1. The first-order valence-corrected chi connectivity index (χ1v) is 4.21. The Bertz CT molecular complexity index is 141. The summed E-state index contributed by atoms with van der Waals surface area (Å²) in [7, 11) is 1.82. The van der Waals surface area contributed by atoms with E-state index in [1.165, 1.54) is 12.8 Å². The molecule has 1 rings (SSSR count). The number of likely N-dealkylation sites (N-methyl/N-ethyl adjacent to an activating group) is 1. The highest BCUT2D eigenvalue weighted by Gasteiger charge is 2.21. The van der Waals surface area contributed by atoms with Crippen molar-refractivity contribution in [2.75, 3.05) is 20.1 Å². The molecule has 1 amide bonds. The monoisotopic (exact) mass is 156 g/mol. The molecule has 0 aromatic carbocycles. The van der Waals surface area contributed by atoms with E-state index in [2.05, 4.69) is 5.32 Å². The number of likely N-dealkylation sites (tertiary alicyclic amines) is 1. The second kappa shape index (κ2) is 3.72. The predicted molar refractivity (Wildman–Crippen MR) is 44.3 cm³/mol. The SMILES string of the molecule is CN[C@@H](C)C(=O)N1CCCC1. The zero-order valence-corrected chi connectivity index (χ0v) is 7.26. The maximum atomic E-state index is 11.4. The van der Waals surface area contributed by atoms with Crippen LogP contribution in [0.4, 0.5) is 0 Å². The van der Waals surface area contributed by atoms with Gasteiger partial charge in [0.05, 0.1) is 6.04 Å². The Balaban J connectivity index is 2.39. The maximum absolute atomic E-state index is 11.4. The fraction of sp³-hybridized carbons (Fsp3) is 0.875. The molecule has 64 valence electrons. The summed E-state index contributed by atoms with van der Waals surface area (Å²) in [6.07, 6.45) is 2.34. The van der Waals surface area contributed by atoms with Crippen LogP contribution in [0.2, 0.25) is 0 Å². The van der Waals surface area contributed by atoms with Crippen LogP contribution in [0.3, 0.4) is 0 Å². The maximum Gasteiger partial charge on any atom is 0.239 e. The third-order valence-corrected chi connectivity index (χ3v) is 2.22. The van der Waals surface area contributed by atoms with Crippen molar-refractivity contribution in [2.45, 2.75) is 25.8 Å². The predicted octanol–water partition coefficient (Wildman–Crippen LogP) is 0.217. The second-order valence-electron chi connectivity index (χ2n) is 3.04. The molecule has 1 saturated heterocycles. The molecule has 0 bridgehead atoms. The molecule has 0 radical (unpaired) electrons. The molecule has 1 aliphatic heterocycles. The van der Waals surface area contributed by atoms with E-state index in [0.29, 0.717) is 0 Å². The van der Waals surface area contributed by atoms with E-state index >= 15 is 0 Å². The van der Waals surface area contributed by atoms with Crippen molar-refractivity contribution in [2.24, 2.45) is 0 Å². The van der Waals surface area contributed by atoms with Gasteiger partial charge < -0.3 is 10.2 Å². The summed E-state index contributed by atoms with van der Waals surface area (Å²) in [4.78, 5) is 13.4. The quantitative estimate of drug-likeness (QED) is 0.620. The van der Waals surface area contributed by atoms with Gasteiger partial charge in [0, 0.05) is 13.1 Å². The van der Waals surface area contributed by atoms with Crippen molar-refractivity contribution in [3.05, 3.63) is 0 Å². The number of carbonyl (C=O) groups excluding carboxylic acids is 1. The normalized spacial score (nSPS) is 20.4. The van der Waals surface area contributed by atoms with Gasteiger partial charge in [-0.3, -0.25) is 4.79 Å². The second-order valence-corrected chi connectivity index (χ2v) is 3.04. The fourth-order valence-corrected chi connectivity index (χ4v) is 1.33. The van der Waals surface area contributed by atoms with Crippen molar-refractivity contribution < 1.29 is 4.79 Å². The first kappa shape index (κ1) is 8.53. The summed E-state index contributed by atoms with van der Waals surface area (Å²) in [6.45, 7) is 3.80. The Morgan fingerprint density at radius 3 is 2.45 bits per heavy atom. The van der Waals surface area contributed by atoms with Crippen LogP contribution in [0.1, 0.15) is 19.8 Å². The van der Waals surface area contributed by atoms with E-state index in [-0.39, 0.29) is 11.9 Å². The van der Waals surface area contributed by atoms with E-state index < -0.39 is 0 Å². The Morgan fingerprint density at radius 2 is 2.00 bits per heavy atom. The van der Waals surface area contributed by atoms with Gasteiger partial charge in [0.2, 0.25) is 5.91 Å².